The Bertz CT molecular complexity index is 3.25. The molecule has 0 unspecified atom stereocenters. The lowest BCUT2D eigenvalue weighted by atomic mass is 10.2. The molecule has 0 saturated heterocycles. The molecule has 0 aromatic carbocycles. The van der Waals surface area contributed by atoms with Gasteiger partial charge >= 0.3 is 0 Å². The molecule has 0 nitrogen and oxygen atoms in total. The third-order valence-electron chi connectivity index (χ3n) is 0. The predicted molar refractivity (Wildman–Crippen MR) is 25.1 cm³/mol. The second-order valence-electron chi connectivity index (χ2n) is 0. The van der Waals surface area contributed by atoms with E-state index in [1.807, 2.05) is 0 Å². The molecule has 0 heterocycles. The van der Waals surface area contributed by atoms with Crippen LogP contribution in [0.25, 0.3) is 0 Å². The molecule has 0 rings (SSSR count). The highest BCUT2D eigenvalue weighted by Crippen LogP contribution is 0.960. The topological polar surface area (TPSA) is 0 Å². The Hall–Kier alpha value is 0.0649. The lowest BCUT2D eigenvalue weighted by molar-refractivity contribution is 2.40. The Kier molecular flexibility index (Phi) is 26100. The fourth-order valence-electron chi connectivity index (χ4n) is 0. The average Bonchev–Trinajstić information content (AvgIpc) is 1.00. The summed E-state index contributed by atoms with van der Waals surface area (Å²) in [6.07, 6.45) is 0. The molecule has 0 aliphatic carbocycles. The smallest absolute Gasteiger partial charge is 0.0606 e. The van der Waals surface area contributed by atoms with Crippen molar-refractivity contribution in [3.05, 3.63) is 0 Å². The van der Waals surface area contributed by atoms with E-state index in [2.05, 4.69) is 7.85 Å². The van der Waals surface area contributed by atoms with E-state index >= 15 is 0 Å². The van der Waals surface area contributed by atoms with E-state index in [4.69, 9.17) is 0 Å². The SMILES string of the molecule is C.C.[B]C. The first-order valence-electron chi connectivity index (χ1n) is 0.577. The number of rotatable bonds is 0. The summed E-state index contributed by atoms with van der Waals surface area (Å²) in [7, 11) is 4.50. The van der Waals surface area contributed by atoms with Crippen LogP contribution in [0.2, 0.25) is 6.82 Å². The summed E-state index contributed by atoms with van der Waals surface area (Å²) in [5.41, 5.74) is 0. The van der Waals surface area contributed by atoms with E-state index in [0.29, 0.717) is 0 Å². The van der Waals surface area contributed by atoms with Crippen LogP contribution in [0, 0.1) is 0 Å². The summed E-state index contributed by atoms with van der Waals surface area (Å²) in [5.74, 6) is 0. The summed E-state index contributed by atoms with van der Waals surface area (Å²) in [6, 6.07) is 0. The van der Waals surface area contributed by atoms with Crippen LogP contribution in [-0.4, -0.2) is 7.85 Å². The van der Waals surface area contributed by atoms with Crippen molar-refractivity contribution in [2.45, 2.75) is 21.7 Å². The second-order valence-corrected chi connectivity index (χ2v) is 0. The highest BCUT2D eigenvalue weighted by molar-refractivity contribution is 6.05. The number of hydrogen-bond donors (Lipinski definition) is 0. The zero-order valence-electron chi connectivity index (χ0n) is 1.58. The number of hydrogen-bond acceptors (Lipinski definition) is 0. The van der Waals surface area contributed by atoms with Crippen LogP contribution in [0.1, 0.15) is 14.9 Å². The molecule has 0 bridgehead atoms. The minimum atomic E-state index is 0. The van der Waals surface area contributed by atoms with Crippen LogP contribution >= 0.6 is 0 Å². The van der Waals surface area contributed by atoms with E-state index in [-0.39, 0.29) is 14.9 Å². The molecular weight excluding hydrogens is 46.8 g/mol. The van der Waals surface area contributed by atoms with Gasteiger partial charge in [0.05, 0.1) is 7.85 Å². The van der Waals surface area contributed by atoms with Gasteiger partial charge in [-0.05, 0) is 0 Å². The third kappa shape index (κ3) is 555. The van der Waals surface area contributed by atoms with E-state index in [0.717, 1.165) is 0 Å². The van der Waals surface area contributed by atoms with Crippen molar-refractivity contribution in [1.82, 2.24) is 0 Å². The first-order valence-corrected chi connectivity index (χ1v) is 0.577. The summed E-state index contributed by atoms with van der Waals surface area (Å²) >= 11 is 0. The summed E-state index contributed by atoms with van der Waals surface area (Å²) < 4.78 is 0. The Morgan fingerprint density at radius 1 is 1.00 bits per heavy atom. The molecule has 26 valence electrons. The van der Waals surface area contributed by atoms with Gasteiger partial charge in [0.25, 0.3) is 0 Å². The summed E-state index contributed by atoms with van der Waals surface area (Å²) in [6.45, 7) is 1.50. The molecule has 0 saturated carbocycles. The molecule has 0 N–H and O–H groups in total. The van der Waals surface area contributed by atoms with Crippen molar-refractivity contribution in [3.63, 3.8) is 0 Å². The van der Waals surface area contributed by atoms with Crippen LogP contribution in [-0.2, 0) is 0 Å². The van der Waals surface area contributed by atoms with Crippen molar-refractivity contribution < 1.29 is 0 Å². The predicted octanol–water partition coefficient (Wildman–Crippen LogP) is 1.48. The van der Waals surface area contributed by atoms with Crippen LogP contribution in [0.3, 0.4) is 0 Å². The van der Waals surface area contributed by atoms with Crippen LogP contribution in [0.15, 0.2) is 0 Å². The molecule has 0 aromatic rings. The Morgan fingerprint density at radius 2 is 1.00 bits per heavy atom. The van der Waals surface area contributed by atoms with Crippen LogP contribution in [0.4, 0.5) is 0 Å². The zero-order valence-corrected chi connectivity index (χ0v) is 1.58. The molecule has 0 aromatic heterocycles. The molecule has 0 amide bonds. The lowest BCUT2D eigenvalue weighted by Crippen LogP contribution is -1.13. The minimum Gasteiger partial charge on any atom is -0.0999 e. The van der Waals surface area contributed by atoms with E-state index < -0.39 is 0 Å². The van der Waals surface area contributed by atoms with Crippen molar-refractivity contribution in [3.8, 4) is 0 Å². The van der Waals surface area contributed by atoms with Crippen molar-refractivity contribution in [2.75, 3.05) is 0 Å². The molecule has 0 aliphatic heterocycles. The van der Waals surface area contributed by atoms with Crippen molar-refractivity contribution >= 4 is 7.85 Å². The van der Waals surface area contributed by atoms with Crippen LogP contribution < -0.4 is 0 Å². The van der Waals surface area contributed by atoms with Crippen molar-refractivity contribution in [1.29, 1.82) is 0 Å². The average molecular weight is 57.9 g/mol. The molecule has 0 atom stereocenters. The molecule has 2 radical (unpaired) electrons. The Morgan fingerprint density at radius 3 is 1.00 bits per heavy atom. The normalized spacial score (nSPS) is 1.25. The molecule has 0 spiro atoms. The standard InChI is InChI=1S/CH3B.2CH4/c1-2;;/h1H3;2*1H4. The first kappa shape index (κ1) is 33.7. The van der Waals surface area contributed by atoms with Crippen LogP contribution in [0.5, 0.6) is 0 Å². The van der Waals surface area contributed by atoms with Gasteiger partial charge in [0, 0.05) is 0 Å². The highest BCUT2D eigenvalue weighted by atomic mass is 12.6. The van der Waals surface area contributed by atoms with Gasteiger partial charge in [-0.2, -0.15) is 0 Å². The molecular formula is C3H11B. The van der Waals surface area contributed by atoms with Gasteiger partial charge in [-0.15, -0.1) is 0 Å². The lowest BCUT2D eigenvalue weighted by Gasteiger charge is -1.02. The molecule has 0 aliphatic rings. The second kappa shape index (κ2) is 3100. The molecule has 1 heteroatoms. The monoisotopic (exact) mass is 58.1 g/mol. The summed E-state index contributed by atoms with van der Waals surface area (Å²) in [4.78, 5) is 0. The van der Waals surface area contributed by atoms with E-state index in [1.165, 1.54) is 6.82 Å². The van der Waals surface area contributed by atoms with Gasteiger partial charge in [0.2, 0.25) is 0 Å². The fourth-order valence-corrected chi connectivity index (χ4v) is 0. The van der Waals surface area contributed by atoms with Gasteiger partial charge in [0.15, 0.2) is 0 Å². The quantitative estimate of drug-likeness (QED) is 0.370. The Balaban J connectivity index is -0.00000000500. The van der Waals surface area contributed by atoms with Gasteiger partial charge in [-0.25, -0.2) is 0 Å². The van der Waals surface area contributed by atoms with Gasteiger partial charge in [0.1, 0.15) is 0 Å². The van der Waals surface area contributed by atoms with E-state index in [9.17, 15) is 0 Å². The minimum absolute atomic E-state index is 0. The zero-order chi connectivity index (χ0) is 2.00. The van der Waals surface area contributed by atoms with Crippen molar-refractivity contribution in [2.24, 2.45) is 0 Å². The third-order valence-corrected chi connectivity index (χ3v) is 0. The van der Waals surface area contributed by atoms with Gasteiger partial charge in [-0.1, -0.05) is 21.7 Å². The summed E-state index contributed by atoms with van der Waals surface area (Å²) in [5, 5.41) is 0. The largest absolute Gasteiger partial charge is 0.0999 e. The maximum Gasteiger partial charge on any atom is 0.0606 e. The molecule has 0 fully saturated rings. The highest BCUT2D eigenvalue weighted by Gasteiger charge is 0.984. The first-order chi connectivity index (χ1) is 1.00. The van der Waals surface area contributed by atoms with Gasteiger partial charge < -0.3 is 0 Å². The maximum atomic E-state index is 4.50. The van der Waals surface area contributed by atoms with E-state index in [1.54, 1.807) is 0 Å². The molecule has 4 heavy (non-hydrogen) atoms. The van der Waals surface area contributed by atoms with Gasteiger partial charge in [-0.3, -0.25) is 0 Å². The maximum absolute atomic E-state index is 4.50. The fraction of sp³-hybridized carbons (Fsp3) is 1.00. The Labute approximate surface area is 30.6 Å².